The van der Waals surface area contributed by atoms with Crippen LogP contribution in [-0.2, 0) is 11.3 Å². The first-order chi connectivity index (χ1) is 13.1. The van der Waals surface area contributed by atoms with Crippen molar-refractivity contribution in [1.29, 1.82) is 0 Å². The Hall–Kier alpha value is -3.15. The molecule has 3 aromatic rings. The zero-order valence-corrected chi connectivity index (χ0v) is 15.4. The zero-order valence-electron chi connectivity index (χ0n) is 15.4. The summed E-state index contributed by atoms with van der Waals surface area (Å²) in [6.45, 7) is 4.37. The van der Waals surface area contributed by atoms with Gasteiger partial charge in [0.2, 0.25) is 0 Å². The van der Waals surface area contributed by atoms with E-state index in [1.165, 1.54) is 5.56 Å². The van der Waals surface area contributed by atoms with Crippen molar-refractivity contribution in [2.75, 3.05) is 6.54 Å². The van der Waals surface area contributed by atoms with Crippen LogP contribution in [-0.4, -0.2) is 33.7 Å². The highest BCUT2D eigenvalue weighted by atomic mass is 16.6. The van der Waals surface area contributed by atoms with Crippen LogP contribution in [0, 0.1) is 12.8 Å². The molecule has 0 radical (unpaired) electrons. The number of hydrogen-bond acceptors (Lipinski definition) is 4. The van der Waals surface area contributed by atoms with Crippen LogP contribution < -0.4 is 5.32 Å². The maximum atomic E-state index is 12.6. The lowest BCUT2D eigenvalue weighted by molar-refractivity contribution is 0.0660. The van der Waals surface area contributed by atoms with Gasteiger partial charge in [-0.2, -0.15) is 0 Å². The Kier molecular flexibility index (Phi) is 4.62. The monoisotopic (exact) mass is 362 g/mol. The predicted octanol–water partition coefficient (Wildman–Crippen LogP) is 3.01. The fraction of sp³-hybridized carbons (Fsp3) is 0.286. The molecule has 2 aromatic heterocycles. The Morgan fingerprint density at radius 3 is 2.85 bits per heavy atom. The number of aryl methyl sites for hydroxylation is 1. The topological polar surface area (TPSA) is 68.0 Å². The van der Waals surface area contributed by atoms with Gasteiger partial charge in [0.25, 0.3) is 5.91 Å². The highest BCUT2D eigenvalue weighted by Gasteiger charge is 2.30. The second-order valence-electron chi connectivity index (χ2n) is 6.92. The summed E-state index contributed by atoms with van der Waals surface area (Å²) < 4.78 is 1.86. The Bertz CT molecular complexity index is 994. The van der Waals surface area contributed by atoms with Crippen molar-refractivity contribution in [3.63, 3.8) is 0 Å². The van der Waals surface area contributed by atoms with Crippen molar-refractivity contribution in [3.8, 4) is 0 Å². The molecule has 1 amide bonds. The Labute approximate surface area is 157 Å². The largest absolute Gasteiger partial charge is 0.391 e. The number of imidazole rings is 1. The Morgan fingerprint density at radius 2 is 2.04 bits per heavy atom. The third kappa shape index (κ3) is 3.56. The van der Waals surface area contributed by atoms with Crippen molar-refractivity contribution in [2.45, 2.75) is 26.4 Å². The van der Waals surface area contributed by atoms with Gasteiger partial charge in [-0.1, -0.05) is 42.4 Å². The first-order valence-corrected chi connectivity index (χ1v) is 9.11. The van der Waals surface area contributed by atoms with E-state index in [0.29, 0.717) is 17.8 Å². The number of nitrogens with one attached hydrogen (secondary N) is 1. The number of nitrogens with zero attached hydrogens (tertiary/aromatic N) is 3. The van der Waals surface area contributed by atoms with Crippen molar-refractivity contribution in [2.24, 2.45) is 11.1 Å². The highest BCUT2D eigenvalue weighted by Crippen LogP contribution is 2.22. The number of oxime groups is 1. The summed E-state index contributed by atoms with van der Waals surface area (Å²) in [4.78, 5) is 22.7. The molecule has 2 atom stereocenters. The minimum absolute atomic E-state index is 0.00215. The van der Waals surface area contributed by atoms with Crippen LogP contribution in [0.5, 0.6) is 0 Å². The number of rotatable bonds is 5. The van der Waals surface area contributed by atoms with Gasteiger partial charge in [0.15, 0.2) is 0 Å². The van der Waals surface area contributed by atoms with Crippen molar-refractivity contribution < 1.29 is 9.63 Å². The second-order valence-corrected chi connectivity index (χ2v) is 6.92. The molecule has 6 heteroatoms. The lowest BCUT2D eigenvalue weighted by Crippen LogP contribution is -2.34. The Balaban J connectivity index is 1.39. The van der Waals surface area contributed by atoms with Gasteiger partial charge in [-0.15, -0.1) is 0 Å². The number of fused-ring (bicyclic) bond motifs is 1. The number of carbonyl (C=O) groups excluding carboxylic acids is 1. The van der Waals surface area contributed by atoms with Gasteiger partial charge in [-0.3, -0.25) is 4.79 Å². The van der Waals surface area contributed by atoms with Crippen molar-refractivity contribution in [1.82, 2.24) is 14.7 Å². The van der Waals surface area contributed by atoms with Crippen LogP contribution in [0.3, 0.4) is 0 Å². The number of amides is 1. The van der Waals surface area contributed by atoms with E-state index in [4.69, 9.17) is 4.84 Å². The smallest absolute Gasteiger partial charge is 0.255 e. The number of carbonyl (C=O) groups is 1. The molecule has 4 rings (SSSR count). The summed E-state index contributed by atoms with van der Waals surface area (Å²) in [6.07, 6.45) is 4.59. The molecule has 3 heterocycles. The molecule has 0 spiro atoms. The predicted molar refractivity (Wildman–Crippen MR) is 104 cm³/mol. The van der Waals surface area contributed by atoms with E-state index in [1.54, 1.807) is 6.07 Å². The molecule has 1 N–H and O–H groups in total. The molecule has 1 aliphatic rings. The van der Waals surface area contributed by atoms with Gasteiger partial charge in [0, 0.05) is 24.7 Å². The Morgan fingerprint density at radius 1 is 1.22 bits per heavy atom. The quantitative estimate of drug-likeness (QED) is 0.759. The number of benzene rings is 1. The fourth-order valence-corrected chi connectivity index (χ4v) is 3.36. The van der Waals surface area contributed by atoms with E-state index >= 15 is 0 Å². The standard InChI is InChI=1S/C21H22N4O2/c1-14-13-25-10-6-9-17(20(25)23-14)21(26)22-12-18-15(2)19(27-24-18)11-16-7-4-3-5-8-16/h3-10,13,15,19H,11-12H2,1-2H3,(H,22,26). The van der Waals surface area contributed by atoms with E-state index in [0.717, 1.165) is 17.8 Å². The molecule has 0 saturated heterocycles. The first kappa shape index (κ1) is 17.3. The highest BCUT2D eigenvalue weighted by molar-refractivity contribution is 6.02. The summed E-state index contributed by atoms with van der Waals surface area (Å²) in [5, 5.41) is 7.16. The molecular weight excluding hydrogens is 340 g/mol. The van der Waals surface area contributed by atoms with Crippen molar-refractivity contribution in [3.05, 3.63) is 71.7 Å². The molecule has 27 heavy (non-hydrogen) atoms. The van der Waals surface area contributed by atoms with E-state index in [-0.39, 0.29) is 17.9 Å². The minimum atomic E-state index is -0.160. The van der Waals surface area contributed by atoms with Crippen LogP contribution in [0.25, 0.3) is 5.65 Å². The first-order valence-electron chi connectivity index (χ1n) is 9.11. The zero-order chi connectivity index (χ0) is 18.8. The normalized spacial score (nSPS) is 19.0. The van der Waals surface area contributed by atoms with E-state index in [9.17, 15) is 4.79 Å². The maximum absolute atomic E-state index is 12.6. The molecule has 0 aliphatic carbocycles. The second kappa shape index (κ2) is 7.23. The average molecular weight is 362 g/mol. The van der Waals surface area contributed by atoms with E-state index in [1.807, 2.05) is 48.0 Å². The van der Waals surface area contributed by atoms with Crippen LogP contribution in [0.4, 0.5) is 0 Å². The summed E-state index contributed by atoms with van der Waals surface area (Å²) in [7, 11) is 0. The molecule has 0 fully saturated rings. The van der Waals surface area contributed by atoms with Crippen LogP contribution in [0.15, 0.2) is 60.0 Å². The lowest BCUT2D eigenvalue weighted by Gasteiger charge is -2.15. The van der Waals surface area contributed by atoms with Crippen LogP contribution in [0.2, 0.25) is 0 Å². The van der Waals surface area contributed by atoms with Crippen molar-refractivity contribution >= 4 is 17.3 Å². The van der Waals surface area contributed by atoms with E-state index < -0.39 is 0 Å². The van der Waals surface area contributed by atoms with Gasteiger partial charge in [0.1, 0.15) is 11.8 Å². The molecule has 138 valence electrons. The lowest BCUT2D eigenvalue weighted by atomic mass is 9.94. The SMILES string of the molecule is Cc1cn2cccc(C(=O)NCC3=NOC(Cc4ccccc4)C3C)c2n1. The summed E-state index contributed by atoms with van der Waals surface area (Å²) >= 11 is 0. The third-order valence-electron chi connectivity index (χ3n) is 4.95. The fourth-order valence-electron chi connectivity index (χ4n) is 3.36. The third-order valence-corrected chi connectivity index (χ3v) is 4.95. The number of aromatic nitrogens is 2. The van der Waals surface area contributed by atoms with Gasteiger partial charge < -0.3 is 14.6 Å². The minimum Gasteiger partial charge on any atom is -0.391 e. The summed E-state index contributed by atoms with van der Waals surface area (Å²) in [6, 6.07) is 13.8. The molecule has 0 saturated carbocycles. The molecule has 0 bridgehead atoms. The molecular formula is C21H22N4O2. The molecule has 1 aromatic carbocycles. The summed E-state index contributed by atoms with van der Waals surface area (Å²) in [5.74, 6) is -0.0115. The molecule has 6 nitrogen and oxygen atoms in total. The van der Waals surface area contributed by atoms with Crippen LogP contribution in [0.1, 0.15) is 28.5 Å². The van der Waals surface area contributed by atoms with Gasteiger partial charge in [0.05, 0.1) is 23.5 Å². The maximum Gasteiger partial charge on any atom is 0.255 e. The average Bonchev–Trinajstić information content (AvgIpc) is 3.22. The molecule has 1 aliphatic heterocycles. The van der Waals surface area contributed by atoms with E-state index in [2.05, 4.69) is 34.5 Å². The van der Waals surface area contributed by atoms with Gasteiger partial charge >= 0.3 is 0 Å². The van der Waals surface area contributed by atoms with Crippen LogP contribution >= 0.6 is 0 Å². The molecule has 2 unspecified atom stereocenters. The summed E-state index contributed by atoms with van der Waals surface area (Å²) in [5.41, 5.74) is 4.17. The van der Waals surface area contributed by atoms with Gasteiger partial charge in [-0.25, -0.2) is 4.98 Å². The number of pyridine rings is 1. The van der Waals surface area contributed by atoms with Gasteiger partial charge in [-0.05, 0) is 24.6 Å². The number of hydrogen-bond donors (Lipinski definition) is 1.